The van der Waals surface area contributed by atoms with Gasteiger partial charge in [0, 0.05) is 25.0 Å². The maximum absolute atomic E-state index is 11.7. The van der Waals surface area contributed by atoms with Crippen molar-refractivity contribution < 1.29 is 4.79 Å². The van der Waals surface area contributed by atoms with Crippen LogP contribution in [-0.2, 0) is 4.79 Å². The second-order valence-electron chi connectivity index (χ2n) is 4.56. The number of benzene rings is 2. The van der Waals surface area contributed by atoms with E-state index in [4.69, 9.17) is 0 Å². The Bertz CT molecular complexity index is 673. The zero-order valence-corrected chi connectivity index (χ0v) is 12.5. The topological polar surface area (TPSA) is 32.7 Å². The minimum atomic E-state index is -0.0335. The van der Waals surface area contributed by atoms with Crippen molar-refractivity contribution in [3.8, 4) is 0 Å². The van der Waals surface area contributed by atoms with Crippen LogP contribution in [0, 0.1) is 0 Å². The first-order valence-electron chi connectivity index (χ1n) is 7.05. The highest BCUT2D eigenvalue weighted by Crippen LogP contribution is 2.13. The van der Waals surface area contributed by atoms with E-state index in [2.05, 4.69) is 4.99 Å². The summed E-state index contributed by atoms with van der Waals surface area (Å²) in [6.45, 7) is 1.54. The molecule has 0 aliphatic heterocycles. The molecule has 22 heavy (non-hydrogen) atoms. The molecule has 0 fully saturated rings. The molecule has 0 unspecified atom stereocenters. The number of carbonyl (C=O) groups excluding carboxylic acids is 1. The monoisotopic (exact) mass is 290 g/mol. The van der Waals surface area contributed by atoms with Gasteiger partial charge < -0.3 is 0 Å². The summed E-state index contributed by atoms with van der Waals surface area (Å²) in [6, 6.07) is 19.2. The molecule has 2 rings (SSSR count). The Morgan fingerprint density at radius 1 is 0.909 bits per heavy atom. The summed E-state index contributed by atoms with van der Waals surface area (Å²) in [5, 5.41) is 0. The normalized spacial score (nSPS) is 11.5. The van der Waals surface area contributed by atoms with Crippen LogP contribution < -0.4 is 4.90 Å². The number of carbonyl (C=O) groups is 1. The molecular formula is C19H18N2O. The highest BCUT2D eigenvalue weighted by Gasteiger charge is 2.05. The third-order valence-electron chi connectivity index (χ3n) is 2.90. The molecule has 0 spiro atoms. The summed E-state index contributed by atoms with van der Waals surface area (Å²) in [6.07, 6.45) is 8.94. The number of aliphatic imine (C=N–C) groups is 1. The fourth-order valence-corrected chi connectivity index (χ4v) is 1.85. The Morgan fingerprint density at radius 3 is 2.18 bits per heavy atom. The van der Waals surface area contributed by atoms with Crippen LogP contribution in [0.5, 0.6) is 0 Å². The van der Waals surface area contributed by atoms with Crippen molar-refractivity contribution in [3.05, 3.63) is 85.1 Å². The van der Waals surface area contributed by atoms with Gasteiger partial charge in [0.25, 0.3) is 0 Å². The molecule has 0 aliphatic carbocycles. The van der Waals surface area contributed by atoms with Gasteiger partial charge >= 0.3 is 0 Å². The number of anilines is 1. The quantitative estimate of drug-likeness (QED) is 0.589. The van der Waals surface area contributed by atoms with Gasteiger partial charge in [-0.25, -0.2) is 0 Å². The lowest BCUT2D eigenvalue weighted by Crippen LogP contribution is -2.21. The van der Waals surface area contributed by atoms with Gasteiger partial charge in [-0.3, -0.25) is 14.7 Å². The molecule has 0 radical (unpaired) electrons. The van der Waals surface area contributed by atoms with Crippen LogP contribution in [0.2, 0.25) is 0 Å². The number of hydrogen-bond acceptors (Lipinski definition) is 2. The lowest BCUT2D eigenvalue weighted by molar-refractivity contribution is -0.116. The van der Waals surface area contributed by atoms with Crippen molar-refractivity contribution in [2.45, 2.75) is 6.92 Å². The lowest BCUT2D eigenvalue weighted by Gasteiger charge is -2.15. The van der Waals surface area contributed by atoms with Crippen molar-refractivity contribution in [2.75, 3.05) is 4.90 Å². The van der Waals surface area contributed by atoms with E-state index >= 15 is 0 Å². The average Bonchev–Trinajstić information content (AvgIpc) is 2.55. The van der Waals surface area contributed by atoms with Gasteiger partial charge in [0.15, 0.2) is 0 Å². The van der Waals surface area contributed by atoms with Crippen LogP contribution in [0.1, 0.15) is 6.92 Å². The maximum Gasteiger partial charge on any atom is 0.227 e. The van der Waals surface area contributed by atoms with Crippen LogP contribution in [-0.4, -0.2) is 12.1 Å². The highest BCUT2D eigenvalue weighted by atomic mass is 16.2. The van der Waals surface area contributed by atoms with Gasteiger partial charge in [-0.2, -0.15) is 0 Å². The van der Waals surface area contributed by atoms with E-state index in [0.29, 0.717) is 0 Å². The van der Waals surface area contributed by atoms with Crippen LogP contribution in [0.3, 0.4) is 0 Å². The number of rotatable bonds is 5. The van der Waals surface area contributed by atoms with Crippen LogP contribution >= 0.6 is 0 Å². The fourth-order valence-electron chi connectivity index (χ4n) is 1.85. The minimum Gasteiger partial charge on any atom is -0.288 e. The summed E-state index contributed by atoms with van der Waals surface area (Å²) >= 11 is 0. The second-order valence-corrected chi connectivity index (χ2v) is 4.56. The molecule has 0 aliphatic rings. The molecule has 110 valence electrons. The summed E-state index contributed by atoms with van der Waals surface area (Å²) in [4.78, 5) is 17.6. The van der Waals surface area contributed by atoms with Crippen LogP contribution in [0.4, 0.5) is 11.4 Å². The molecule has 2 aromatic rings. The van der Waals surface area contributed by atoms with Crippen LogP contribution in [0.15, 0.2) is 90.1 Å². The van der Waals surface area contributed by atoms with E-state index in [1.807, 2.05) is 78.9 Å². The SMILES string of the molecule is CC(=O)N(/C=C/C=C/C=N\c1ccccc1)c1ccccc1. The van der Waals surface area contributed by atoms with Gasteiger partial charge in [0.1, 0.15) is 0 Å². The summed E-state index contributed by atoms with van der Waals surface area (Å²) in [7, 11) is 0. The summed E-state index contributed by atoms with van der Waals surface area (Å²) in [5.41, 5.74) is 1.75. The molecule has 0 N–H and O–H groups in total. The van der Waals surface area contributed by atoms with Crippen molar-refractivity contribution >= 4 is 23.5 Å². The Hall–Kier alpha value is -2.94. The van der Waals surface area contributed by atoms with E-state index in [0.717, 1.165) is 11.4 Å². The smallest absolute Gasteiger partial charge is 0.227 e. The molecule has 1 amide bonds. The predicted octanol–water partition coefficient (Wildman–Crippen LogP) is 4.51. The van der Waals surface area contributed by atoms with Crippen molar-refractivity contribution in [2.24, 2.45) is 4.99 Å². The largest absolute Gasteiger partial charge is 0.288 e. The third-order valence-corrected chi connectivity index (χ3v) is 2.90. The fraction of sp³-hybridized carbons (Fsp3) is 0.0526. The Labute approximate surface area is 130 Å². The Balaban J connectivity index is 1.96. The maximum atomic E-state index is 11.7. The number of amides is 1. The zero-order valence-electron chi connectivity index (χ0n) is 12.5. The minimum absolute atomic E-state index is 0.0335. The predicted molar refractivity (Wildman–Crippen MR) is 92.5 cm³/mol. The van der Waals surface area contributed by atoms with Crippen molar-refractivity contribution in [3.63, 3.8) is 0 Å². The molecule has 0 saturated carbocycles. The number of hydrogen-bond donors (Lipinski definition) is 0. The molecule has 3 nitrogen and oxygen atoms in total. The van der Waals surface area contributed by atoms with E-state index in [1.54, 1.807) is 17.3 Å². The standard InChI is InChI=1S/C19H18N2O/c1-17(22)21(19-13-7-3-8-14-19)16-10-4-9-15-20-18-11-5-2-6-12-18/h2-16H,1H3/b9-4+,16-10+,20-15-. The number of allylic oxidation sites excluding steroid dienone is 3. The average molecular weight is 290 g/mol. The van der Waals surface area contributed by atoms with Gasteiger partial charge in [-0.05, 0) is 36.4 Å². The summed E-state index contributed by atoms with van der Waals surface area (Å²) < 4.78 is 0. The van der Waals surface area contributed by atoms with E-state index in [9.17, 15) is 4.79 Å². The van der Waals surface area contributed by atoms with Crippen molar-refractivity contribution in [1.82, 2.24) is 0 Å². The van der Waals surface area contributed by atoms with Gasteiger partial charge in [-0.15, -0.1) is 0 Å². The second kappa shape index (κ2) is 8.37. The molecule has 0 atom stereocenters. The molecule has 0 aromatic heterocycles. The first kappa shape index (κ1) is 15.4. The van der Waals surface area contributed by atoms with Crippen LogP contribution in [0.25, 0.3) is 0 Å². The zero-order chi connectivity index (χ0) is 15.6. The van der Waals surface area contributed by atoms with Gasteiger partial charge in [0.2, 0.25) is 5.91 Å². The molecule has 0 saturated heterocycles. The van der Waals surface area contributed by atoms with E-state index < -0.39 is 0 Å². The van der Waals surface area contributed by atoms with Gasteiger partial charge in [0.05, 0.1) is 5.69 Å². The first-order valence-corrected chi connectivity index (χ1v) is 7.05. The Morgan fingerprint density at radius 2 is 1.55 bits per heavy atom. The Kier molecular flexibility index (Phi) is 5.88. The molecule has 0 heterocycles. The molecule has 0 bridgehead atoms. The van der Waals surface area contributed by atoms with E-state index in [1.165, 1.54) is 6.92 Å². The lowest BCUT2D eigenvalue weighted by atomic mass is 10.3. The highest BCUT2D eigenvalue weighted by molar-refractivity contribution is 5.93. The number of para-hydroxylation sites is 2. The third kappa shape index (κ3) is 4.87. The van der Waals surface area contributed by atoms with Gasteiger partial charge in [-0.1, -0.05) is 42.5 Å². The molecule has 2 aromatic carbocycles. The van der Waals surface area contributed by atoms with Crippen molar-refractivity contribution in [1.29, 1.82) is 0 Å². The molecule has 3 heteroatoms. The number of nitrogens with zero attached hydrogens (tertiary/aromatic N) is 2. The first-order chi connectivity index (χ1) is 10.8. The summed E-state index contributed by atoms with van der Waals surface area (Å²) in [5.74, 6) is -0.0335. The molecular weight excluding hydrogens is 272 g/mol. The van der Waals surface area contributed by atoms with E-state index in [-0.39, 0.29) is 5.91 Å².